The Hall–Kier alpha value is -1.94. The standard InChI is InChI=1S/C10H3F9O2/c11-8(12,13)3-1-4(9(14,15)16)6(7(20)21)5(2-3)10(17,18)19/h1-2H,(H,20,21). The van der Waals surface area contributed by atoms with E-state index in [9.17, 15) is 44.3 Å². The van der Waals surface area contributed by atoms with E-state index in [-0.39, 0.29) is 0 Å². The minimum absolute atomic E-state index is 0.668. The smallest absolute Gasteiger partial charge is 0.417 e. The first-order chi connectivity index (χ1) is 9.15. The van der Waals surface area contributed by atoms with E-state index in [2.05, 4.69) is 0 Å². The number of hydrogen-bond acceptors (Lipinski definition) is 1. The van der Waals surface area contributed by atoms with Gasteiger partial charge in [0.2, 0.25) is 0 Å². The van der Waals surface area contributed by atoms with Crippen molar-refractivity contribution in [3.05, 3.63) is 34.4 Å². The van der Waals surface area contributed by atoms with Crippen LogP contribution in [-0.4, -0.2) is 11.1 Å². The number of aromatic carboxylic acids is 1. The predicted octanol–water partition coefficient (Wildman–Crippen LogP) is 4.44. The maximum Gasteiger partial charge on any atom is 0.417 e. The zero-order valence-corrected chi connectivity index (χ0v) is 9.41. The van der Waals surface area contributed by atoms with Crippen molar-refractivity contribution in [1.82, 2.24) is 0 Å². The molecule has 0 saturated heterocycles. The van der Waals surface area contributed by atoms with Crippen molar-refractivity contribution in [2.75, 3.05) is 0 Å². The first-order valence-corrected chi connectivity index (χ1v) is 4.78. The fourth-order valence-corrected chi connectivity index (χ4v) is 1.48. The van der Waals surface area contributed by atoms with Crippen LogP contribution < -0.4 is 0 Å². The summed E-state index contributed by atoms with van der Waals surface area (Å²) in [6, 6.07) is -1.34. The van der Waals surface area contributed by atoms with E-state index in [4.69, 9.17) is 5.11 Å². The molecule has 21 heavy (non-hydrogen) atoms. The second-order valence-electron chi connectivity index (χ2n) is 3.74. The van der Waals surface area contributed by atoms with Crippen LogP contribution in [0.1, 0.15) is 27.0 Å². The molecule has 0 aromatic heterocycles. The van der Waals surface area contributed by atoms with Crippen molar-refractivity contribution in [2.24, 2.45) is 0 Å². The maximum absolute atomic E-state index is 12.5. The minimum atomic E-state index is -5.70. The van der Waals surface area contributed by atoms with Crippen LogP contribution in [0.2, 0.25) is 0 Å². The summed E-state index contributed by atoms with van der Waals surface area (Å²) in [5, 5.41) is 8.49. The molecule has 0 aliphatic carbocycles. The molecule has 0 spiro atoms. The Morgan fingerprint density at radius 1 is 0.762 bits per heavy atom. The summed E-state index contributed by atoms with van der Waals surface area (Å²) in [6.07, 6.45) is -16.9. The fraction of sp³-hybridized carbons (Fsp3) is 0.300. The predicted molar refractivity (Wildman–Crippen MR) is 48.4 cm³/mol. The SMILES string of the molecule is O=C(O)c1c(C(F)(F)F)cc(C(F)(F)F)cc1C(F)(F)F. The van der Waals surface area contributed by atoms with Crippen LogP contribution in [0.15, 0.2) is 12.1 Å². The lowest BCUT2D eigenvalue weighted by atomic mass is 9.96. The Labute approximate surface area is 109 Å². The van der Waals surface area contributed by atoms with E-state index in [0.717, 1.165) is 0 Å². The van der Waals surface area contributed by atoms with E-state index in [1.54, 1.807) is 0 Å². The molecule has 0 aliphatic rings. The quantitative estimate of drug-likeness (QED) is 0.775. The summed E-state index contributed by atoms with van der Waals surface area (Å²) in [5.41, 5.74) is -9.55. The Bertz CT molecular complexity index is 530. The van der Waals surface area contributed by atoms with Crippen LogP contribution in [0.5, 0.6) is 0 Å². The van der Waals surface area contributed by atoms with E-state index in [0.29, 0.717) is 0 Å². The number of carboxylic acid groups (broad SMARTS) is 1. The van der Waals surface area contributed by atoms with E-state index in [1.165, 1.54) is 0 Å². The Kier molecular flexibility index (Phi) is 3.92. The van der Waals surface area contributed by atoms with Gasteiger partial charge in [0.15, 0.2) is 0 Å². The third kappa shape index (κ3) is 3.58. The monoisotopic (exact) mass is 326 g/mol. The summed E-state index contributed by atoms with van der Waals surface area (Å²) >= 11 is 0. The van der Waals surface area contributed by atoms with Crippen molar-refractivity contribution in [2.45, 2.75) is 18.5 Å². The third-order valence-corrected chi connectivity index (χ3v) is 2.29. The largest absolute Gasteiger partial charge is 0.478 e. The van der Waals surface area contributed by atoms with Gasteiger partial charge in [0.05, 0.1) is 22.3 Å². The number of carbonyl (C=O) groups is 1. The fourth-order valence-electron chi connectivity index (χ4n) is 1.48. The second-order valence-corrected chi connectivity index (χ2v) is 3.74. The number of benzene rings is 1. The van der Waals surface area contributed by atoms with Crippen LogP contribution in [0.25, 0.3) is 0 Å². The molecule has 0 unspecified atom stereocenters. The average molecular weight is 326 g/mol. The van der Waals surface area contributed by atoms with Gasteiger partial charge in [0.25, 0.3) is 0 Å². The molecule has 118 valence electrons. The zero-order chi connectivity index (χ0) is 16.8. The first-order valence-electron chi connectivity index (χ1n) is 4.78. The highest BCUT2D eigenvalue weighted by Gasteiger charge is 2.46. The van der Waals surface area contributed by atoms with Gasteiger partial charge in [-0.1, -0.05) is 0 Å². The van der Waals surface area contributed by atoms with Gasteiger partial charge >= 0.3 is 24.5 Å². The third-order valence-electron chi connectivity index (χ3n) is 2.29. The van der Waals surface area contributed by atoms with Gasteiger partial charge in [-0.3, -0.25) is 0 Å². The molecule has 0 radical (unpaired) electrons. The van der Waals surface area contributed by atoms with Gasteiger partial charge in [-0.2, -0.15) is 39.5 Å². The summed E-state index contributed by atoms with van der Waals surface area (Å²) in [7, 11) is 0. The normalized spacial score (nSPS) is 13.4. The van der Waals surface area contributed by atoms with Gasteiger partial charge in [-0.25, -0.2) is 4.79 Å². The second kappa shape index (κ2) is 4.81. The lowest BCUT2D eigenvalue weighted by Crippen LogP contribution is -2.22. The molecule has 0 fully saturated rings. The van der Waals surface area contributed by atoms with Gasteiger partial charge < -0.3 is 5.11 Å². The molecule has 0 bridgehead atoms. The minimum Gasteiger partial charge on any atom is -0.478 e. The van der Waals surface area contributed by atoms with E-state index < -0.39 is 58.9 Å². The van der Waals surface area contributed by atoms with Gasteiger partial charge in [-0.15, -0.1) is 0 Å². The molecular weight excluding hydrogens is 323 g/mol. The molecule has 11 heteroatoms. The topological polar surface area (TPSA) is 37.3 Å². The molecule has 1 aromatic rings. The van der Waals surface area contributed by atoms with Gasteiger partial charge in [0.1, 0.15) is 0 Å². The van der Waals surface area contributed by atoms with E-state index in [1.807, 2.05) is 0 Å². The van der Waals surface area contributed by atoms with Crippen LogP contribution in [0, 0.1) is 0 Å². The molecule has 0 aliphatic heterocycles. The molecule has 0 atom stereocenters. The highest BCUT2D eigenvalue weighted by atomic mass is 19.4. The number of rotatable bonds is 1. The van der Waals surface area contributed by atoms with Gasteiger partial charge in [0, 0.05) is 0 Å². The van der Waals surface area contributed by atoms with Crippen molar-refractivity contribution in [1.29, 1.82) is 0 Å². The summed E-state index contributed by atoms with van der Waals surface area (Å²) in [6.45, 7) is 0. The van der Waals surface area contributed by atoms with E-state index >= 15 is 0 Å². The molecule has 1 N–H and O–H groups in total. The Morgan fingerprint density at radius 3 is 1.29 bits per heavy atom. The zero-order valence-electron chi connectivity index (χ0n) is 9.41. The Morgan fingerprint density at radius 2 is 1.10 bits per heavy atom. The average Bonchev–Trinajstić information content (AvgIpc) is 2.23. The molecular formula is C10H3F9O2. The van der Waals surface area contributed by atoms with Crippen molar-refractivity contribution in [3.63, 3.8) is 0 Å². The molecule has 1 aromatic carbocycles. The van der Waals surface area contributed by atoms with Crippen LogP contribution in [0.3, 0.4) is 0 Å². The van der Waals surface area contributed by atoms with Crippen LogP contribution in [0.4, 0.5) is 39.5 Å². The maximum atomic E-state index is 12.5. The highest BCUT2D eigenvalue weighted by Crippen LogP contribution is 2.43. The molecule has 0 saturated carbocycles. The summed E-state index contributed by atoms with van der Waals surface area (Å²) in [4.78, 5) is 10.6. The Balaban J connectivity index is 3.89. The van der Waals surface area contributed by atoms with Gasteiger partial charge in [-0.05, 0) is 12.1 Å². The molecule has 0 amide bonds. The van der Waals surface area contributed by atoms with Crippen molar-refractivity contribution >= 4 is 5.97 Å². The number of carboxylic acids is 1. The highest BCUT2D eigenvalue weighted by molar-refractivity contribution is 5.92. The molecule has 1 rings (SSSR count). The summed E-state index contributed by atoms with van der Waals surface area (Å²) < 4.78 is 112. The van der Waals surface area contributed by atoms with Crippen LogP contribution >= 0.6 is 0 Å². The number of halogens is 9. The van der Waals surface area contributed by atoms with Crippen molar-refractivity contribution in [3.8, 4) is 0 Å². The lowest BCUT2D eigenvalue weighted by molar-refractivity contribution is -0.149. The molecule has 2 nitrogen and oxygen atoms in total. The molecule has 0 heterocycles. The first kappa shape index (κ1) is 17.1. The number of alkyl halides is 9. The van der Waals surface area contributed by atoms with Crippen LogP contribution in [-0.2, 0) is 18.5 Å². The lowest BCUT2D eigenvalue weighted by Gasteiger charge is -2.19. The van der Waals surface area contributed by atoms with Crippen molar-refractivity contribution < 1.29 is 49.4 Å². The summed E-state index contributed by atoms with van der Waals surface area (Å²) in [5.74, 6) is -2.64. The number of hydrogen-bond donors (Lipinski definition) is 1.